The molecule has 4 nitrogen and oxygen atoms in total. The van der Waals surface area contributed by atoms with Crippen LogP contribution in [0.15, 0.2) is 62.7 Å². The Bertz CT molecular complexity index is 831. The van der Waals surface area contributed by atoms with Crippen molar-refractivity contribution in [2.24, 2.45) is 22.1 Å². The van der Waals surface area contributed by atoms with Crippen LogP contribution in [0.1, 0.15) is 47.0 Å². The molecule has 0 amide bonds. The quantitative estimate of drug-likeness (QED) is 0.485. The van der Waals surface area contributed by atoms with Crippen LogP contribution in [0, 0.1) is 17.8 Å². The summed E-state index contributed by atoms with van der Waals surface area (Å²) in [5, 5.41) is 0. The third-order valence-corrected chi connectivity index (χ3v) is 7.57. The maximum Gasteiger partial charge on any atom is 0.306 e. The van der Waals surface area contributed by atoms with Crippen molar-refractivity contribution in [1.29, 1.82) is 0 Å². The Balaban J connectivity index is 2.64. The van der Waals surface area contributed by atoms with E-state index in [-0.39, 0.29) is 29.8 Å². The van der Waals surface area contributed by atoms with Gasteiger partial charge < -0.3 is 4.74 Å². The smallest absolute Gasteiger partial charge is 0.306 e. The first kappa shape index (κ1) is 22.4. The summed E-state index contributed by atoms with van der Waals surface area (Å²) in [5.74, 6) is 0.191. The summed E-state index contributed by atoms with van der Waals surface area (Å²) in [6.07, 6.45) is 7.33. The van der Waals surface area contributed by atoms with E-state index in [4.69, 9.17) is 4.74 Å². The van der Waals surface area contributed by atoms with Gasteiger partial charge in [0.05, 0.1) is 14.6 Å². The summed E-state index contributed by atoms with van der Waals surface area (Å²) in [6.45, 7) is 8.37. The number of hydrogen-bond donors (Lipinski definition) is 0. The van der Waals surface area contributed by atoms with Crippen molar-refractivity contribution >= 4 is 15.7 Å². The number of hydrogen-bond acceptors (Lipinski definition) is 4. The van der Waals surface area contributed by atoms with E-state index in [0.717, 1.165) is 4.91 Å². The Morgan fingerprint density at radius 2 is 1.75 bits per heavy atom. The summed E-state index contributed by atoms with van der Waals surface area (Å²) >= 11 is 0. The molecule has 154 valence electrons. The number of cyclic esters (lactones) is 1. The fraction of sp³-hybridized carbons (Fsp3) is 0.522. The van der Waals surface area contributed by atoms with Gasteiger partial charge in [0.1, 0.15) is 6.10 Å². The molecular weight excluding hydrogens is 370 g/mol. The van der Waals surface area contributed by atoms with Gasteiger partial charge in [0.2, 0.25) is 0 Å². The molecule has 28 heavy (non-hydrogen) atoms. The van der Waals surface area contributed by atoms with E-state index in [1.54, 1.807) is 7.05 Å². The third kappa shape index (κ3) is 5.34. The zero-order valence-corrected chi connectivity index (χ0v) is 18.4. The van der Waals surface area contributed by atoms with Crippen LogP contribution in [0.3, 0.4) is 0 Å². The minimum atomic E-state index is -2.72. The number of rotatable bonds is 4. The average molecular weight is 404 g/mol. The number of esters is 1. The predicted molar refractivity (Wildman–Crippen MR) is 115 cm³/mol. The molecule has 1 aromatic carbocycles. The Hall–Kier alpha value is -1.88. The molecule has 1 heterocycles. The lowest BCUT2D eigenvalue weighted by Crippen LogP contribution is -2.34. The standard InChI is InChI=1S/C23H33NO3S/c1-17(2)21-16-20(28(26,24-5)19-12-8-6-9-13-19)14-10-7-11-15-22(25)27-23(21)18(3)4/h6-10,12-13,16-18,21,23H,11,14-15H2,1-5H3/b10-7-,20-16+/t21-,23-,28?/m0/s1. The van der Waals surface area contributed by atoms with Gasteiger partial charge in [-0.05, 0) is 36.8 Å². The largest absolute Gasteiger partial charge is 0.461 e. The van der Waals surface area contributed by atoms with Crippen LogP contribution >= 0.6 is 0 Å². The first-order valence-electron chi connectivity index (χ1n) is 10.0. The van der Waals surface area contributed by atoms with E-state index in [1.807, 2.05) is 42.5 Å². The molecule has 0 radical (unpaired) electrons. The molecule has 1 aromatic rings. The molecule has 0 bridgehead atoms. The van der Waals surface area contributed by atoms with Gasteiger partial charge in [0, 0.05) is 24.3 Å². The molecule has 0 saturated carbocycles. The predicted octanol–water partition coefficient (Wildman–Crippen LogP) is 5.61. The first-order chi connectivity index (χ1) is 13.3. The van der Waals surface area contributed by atoms with Crippen molar-refractivity contribution < 1.29 is 13.7 Å². The molecule has 0 fully saturated rings. The molecule has 0 N–H and O–H groups in total. The molecule has 0 saturated heterocycles. The molecule has 0 aromatic heterocycles. The molecule has 2 rings (SSSR count). The highest BCUT2D eigenvalue weighted by molar-refractivity contribution is 7.97. The maximum atomic E-state index is 14.0. The summed E-state index contributed by atoms with van der Waals surface area (Å²) in [7, 11) is -1.10. The van der Waals surface area contributed by atoms with E-state index in [9.17, 15) is 9.00 Å². The molecule has 1 unspecified atom stereocenters. The second kappa shape index (κ2) is 10.1. The van der Waals surface area contributed by atoms with Gasteiger partial charge in [-0.1, -0.05) is 64.1 Å². The minimum absolute atomic E-state index is 0.0308. The lowest BCUT2D eigenvalue weighted by atomic mass is 9.84. The van der Waals surface area contributed by atoms with Crippen molar-refractivity contribution in [2.45, 2.75) is 58.0 Å². The fourth-order valence-electron chi connectivity index (χ4n) is 3.52. The molecule has 5 heteroatoms. The van der Waals surface area contributed by atoms with Crippen molar-refractivity contribution in [3.05, 3.63) is 53.5 Å². The number of nitrogens with zero attached hydrogens (tertiary/aromatic N) is 1. The number of carbonyl (C=O) groups excluding carboxylic acids is 1. The van der Waals surface area contributed by atoms with E-state index in [2.05, 4.69) is 38.1 Å². The van der Waals surface area contributed by atoms with Crippen LogP contribution in [0.2, 0.25) is 0 Å². The minimum Gasteiger partial charge on any atom is -0.461 e. The van der Waals surface area contributed by atoms with Crippen LogP contribution in [-0.2, 0) is 19.3 Å². The lowest BCUT2D eigenvalue weighted by molar-refractivity contribution is -0.154. The van der Waals surface area contributed by atoms with E-state index < -0.39 is 9.73 Å². The molecule has 1 aliphatic rings. The van der Waals surface area contributed by atoms with E-state index in [1.165, 1.54) is 0 Å². The Labute approximate surface area is 170 Å². The van der Waals surface area contributed by atoms with Crippen LogP contribution in [0.25, 0.3) is 0 Å². The highest BCUT2D eigenvalue weighted by atomic mass is 32.2. The molecule has 1 aliphatic heterocycles. The van der Waals surface area contributed by atoms with Gasteiger partial charge in [-0.15, -0.1) is 0 Å². The molecular formula is C23H33NO3S. The highest BCUT2D eigenvalue weighted by Crippen LogP contribution is 2.32. The summed E-state index contributed by atoms with van der Waals surface area (Å²) < 4.78 is 24.2. The fourth-order valence-corrected chi connectivity index (χ4v) is 5.46. The van der Waals surface area contributed by atoms with Crippen LogP contribution < -0.4 is 0 Å². The lowest BCUT2D eigenvalue weighted by Gasteiger charge is -2.31. The Morgan fingerprint density at radius 1 is 1.07 bits per heavy atom. The Kier molecular flexibility index (Phi) is 8.05. The van der Waals surface area contributed by atoms with E-state index >= 15 is 0 Å². The summed E-state index contributed by atoms with van der Waals surface area (Å²) in [4.78, 5) is 13.8. The van der Waals surface area contributed by atoms with Crippen LogP contribution in [0.5, 0.6) is 0 Å². The number of ether oxygens (including phenoxy) is 1. The summed E-state index contributed by atoms with van der Waals surface area (Å²) in [6, 6.07) is 9.43. The molecule has 0 spiro atoms. The van der Waals surface area contributed by atoms with Crippen molar-refractivity contribution in [1.82, 2.24) is 0 Å². The van der Waals surface area contributed by atoms with Crippen molar-refractivity contribution in [3.63, 3.8) is 0 Å². The van der Waals surface area contributed by atoms with Gasteiger partial charge in [0.25, 0.3) is 0 Å². The number of benzene rings is 1. The second-order valence-electron chi connectivity index (χ2n) is 7.89. The van der Waals surface area contributed by atoms with Crippen molar-refractivity contribution in [2.75, 3.05) is 7.05 Å². The average Bonchev–Trinajstić information content (AvgIpc) is 2.71. The van der Waals surface area contributed by atoms with Crippen LogP contribution in [-0.4, -0.2) is 23.3 Å². The van der Waals surface area contributed by atoms with Gasteiger partial charge in [-0.2, -0.15) is 0 Å². The molecule has 3 atom stereocenters. The number of allylic oxidation sites excluding steroid dienone is 3. The maximum absolute atomic E-state index is 14.0. The van der Waals surface area contributed by atoms with Gasteiger partial charge in [-0.3, -0.25) is 4.79 Å². The van der Waals surface area contributed by atoms with Crippen molar-refractivity contribution in [3.8, 4) is 0 Å². The zero-order chi connectivity index (χ0) is 20.7. The third-order valence-electron chi connectivity index (χ3n) is 5.13. The summed E-state index contributed by atoms with van der Waals surface area (Å²) in [5.41, 5.74) is 0. The second-order valence-corrected chi connectivity index (χ2v) is 10.3. The monoisotopic (exact) mass is 403 g/mol. The van der Waals surface area contributed by atoms with Crippen LogP contribution in [0.4, 0.5) is 0 Å². The SMILES string of the molecule is CN=S(=O)(/C1=C/[C@@H](C(C)C)[C@H](C(C)C)OC(=O)CC/C=C\C1)c1ccccc1. The van der Waals surface area contributed by atoms with Gasteiger partial charge in [-0.25, -0.2) is 8.57 Å². The topological polar surface area (TPSA) is 55.7 Å². The normalized spacial score (nSPS) is 26.5. The van der Waals surface area contributed by atoms with Gasteiger partial charge >= 0.3 is 5.97 Å². The van der Waals surface area contributed by atoms with E-state index in [0.29, 0.717) is 24.2 Å². The number of carbonyl (C=O) groups is 1. The molecule has 0 aliphatic carbocycles. The van der Waals surface area contributed by atoms with Gasteiger partial charge in [0.15, 0.2) is 0 Å². The Morgan fingerprint density at radius 3 is 2.32 bits per heavy atom. The highest BCUT2D eigenvalue weighted by Gasteiger charge is 2.31. The zero-order valence-electron chi connectivity index (χ0n) is 17.6. The first-order valence-corrected chi connectivity index (χ1v) is 11.6.